The molecule has 0 aromatic carbocycles. The van der Waals surface area contributed by atoms with Crippen LogP contribution >= 0.6 is 0 Å². The average molecular weight is 222 g/mol. The van der Waals surface area contributed by atoms with Crippen LogP contribution in [0.2, 0.25) is 0 Å². The Bertz CT molecular complexity index is 471. The van der Waals surface area contributed by atoms with Gasteiger partial charge in [-0.15, -0.1) is 0 Å². The molecule has 0 amide bonds. The molecule has 0 saturated heterocycles. The van der Waals surface area contributed by atoms with Crippen molar-refractivity contribution in [2.75, 3.05) is 0 Å². The van der Waals surface area contributed by atoms with E-state index in [0.29, 0.717) is 0 Å². The maximum atomic E-state index is 12.7. The minimum atomic E-state index is -2.75. The van der Waals surface area contributed by atoms with Crippen molar-refractivity contribution in [3.8, 4) is 12.1 Å². The molecule has 0 fully saturated rings. The SMILES string of the molecule is N#CCc1c(C(F)F)cc(C#N)nc1CN. The number of nitrogens with two attached hydrogens (primary N) is 1. The Kier molecular flexibility index (Phi) is 3.87. The van der Waals surface area contributed by atoms with E-state index in [1.807, 2.05) is 0 Å². The molecular formula is C10H8F2N4. The number of nitriles is 2. The van der Waals surface area contributed by atoms with Crippen LogP contribution in [-0.4, -0.2) is 4.98 Å². The summed E-state index contributed by atoms with van der Waals surface area (Å²) >= 11 is 0. The normalized spacial score (nSPS) is 9.88. The molecule has 2 N–H and O–H groups in total. The van der Waals surface area contributed by atoms with Crippen molar-refractivity contribution in [2.45, 2.75) is 19.4 Å². The van der Waals surface area contributed by atoms with Gasteiger partial charge in [0, 0.05) is 12.1 Å². The predicted molar refractivity (Wildman–Crippen MR) is 51.1 cm³/mol. The Morgan fingerprint density at radius 1 is 1.44 bits per heavy atom. The van der Waals surface area contributed by atoms with Gasteiger partial charge in [-0.3, -0.25) is 0 Å². The lowest BCUT2D eigenvalue weighted by Crippen LogP contribution is -2.09. The van der Waals surface area contributed by atoms with E-state index in [2.05, 4.69) is 4.98 Å². The average Bonchev–Trinajstić information content (AvgIpc) is 2.29. The van der Waals surface area contributed by atoms with Gasteiger partial charge in [0.25, 0.3) is 6.43 Å². The maximum absolute atomic E-state index is 12.7. The number of hydrogen-bond acceptors (Lipinski definition) is 4. The summed E-state index contributed by atoms with van der Waals surface area (Å²) in [5.41, 5.74) is 5.20. The van der Waals surface area contributed by atoms with Crippen LogP contribution in [0.4, 0.5) is 8.78 Å². The molecule has 0 aliphatic carbocycles. The van der Waals surface area contributed by atoms with Gasteiger partial charge in [0.15, 0.2) is 0 Å². The Morgan fingerprint density at radius 3 is 2.56 bits per heavy atom. The number of halogens is 2. The van der Waals surface area contributed by atoms with E-state index in [0.717, 1.165) is 6.07 Å². The minimum absolute atomic E-state index is 0.0771. The third-order valence-electron chi connectivity index (χ3n) is 2.04. The number of hydrogen-bond donors (Lipinski definition) is 1. The first kappa shape index (κ1) is 12.0. The van der Waals surface area contributed by atoms with Gasteiger partial charge in [-0.2, -0.15) is 10.5 Å². The standard InChI is InChI=1S/C10H8F2N4/c11-10(12)8-3-6(4-14)16-9(5-15)7(8)1-2-13/h3,10H,1,5,15H2. The monoisotopic (exact) mass is 222 g/mol. The molecule has 0 spiro atoms. The smallest absolute Gasteiger partial charge is 0.264 e. The van der Waals surface area contributed by atoms with Gasteiger partial charge in [0.1, 0.15) is 11.8 Å². The quantitative estimate of drug-likeness (QED) is 0.837. The van der Waals surface area contributed by atoms with Crippen LogP contribution in [-0.2, 0) is 13.0 Å². The summed E-state index contributed by atoms with van der Waals surface area (Å²) in [6, 6.07) is 4.46. The second-order valence-corrected chi connectivity index (χ2v) is 2.97. The number of pyridine rings is 1. The molecule has 1 aromatic heterocycles. The van der Waals surface area contributed by atoms with Crippen molar-refractivity contribution >= 4 is 0 Å². The highest BCUT2D eigenvalue weighted by Crippen LogP contribution is 2.25. The van der Waals surface area contributed by atoms with Gasteiger partial charge in [-0.25, -0.2) is 13.8 Å². The zero-order chi connectivity index (χ0) is 12.1. The Balaban J connectivity index is 3.43. The highest BCUT2D eigenvalue weighted by Gasteiger charge is 2.18. The number of alkyl halides is 2. The van der Waals surface area contributed by atoms with Gasteiger partial charge < -0.3 is 5.73 Å². The van der Waals surface area contributed by atoms with Crippen LogP contribution in [0, 0.1) is 22.7 Å². The summed E-state index contributed by atoms with van der Waals surface area (Å²) in [5.74, 6) is 0. The summed E-state index contributed by atoms with van der Waals surface area (Å²) in [5, 5.41) is 17.2. The Labute approximate surface area is 90.9 Å². The summed E-state index contributed by atoms with van der Waals surface area (Å²) in [4.78, 5) is 3.80. The third kappa shape index (κ3) is 2.30. The van der Waals surface area contributed by atoms with Crippen molar-refractivity contribution in [2.24, 2.45) is 5.73 Å². The first-order valence-electron chi connectivity index (χ1n) is 4.42. The second kappa shape index (κ2) is 5.15. The lowest BCUT2D eigenvalue weighted by Gasteiger charge is -2.10. The lowest BCUT2D eigenvalue weighted by molar-refractivity contribution is 0.150. The van der Waals surface area contributed by atoms with Gasteiger partial charge in [0.2, 0.25) is 0 Å². The van der Waals surface area contributed by atoms with Gasteiger partial charge in [-0.05, 0) is 11.6 Å². The molecule has 82 valence electrons. The number of rotatable bonds is 3. The Hall–Kier alpha value is -2.05. The van der Waals surface area contributed by atoms with Gasteiger partial charge in [-0.1, -0.05) is 0 Å². The van der Waals surface area contributed by atoms with E-state index >= 15 is 0 Å². The van der Waals surface area contributed by atoms with Gasteiger partial charge in [0.05, 0.1) is 18.2 Å². The fraction of sp³-hybridized carbons (Fsp3) is 0.300. The highest BCUT2D eigenvalue weighted by atomic mass is 19.3. The van der Waals surface area contributed by atoms with Crippen molar-refractivity contribution < 1.29 is 8.78 Å². The molecular weight excluding hydrogens is 214 g/mol. The highest BCUT2D eigenvalue weighted by molar-refractivity contribution is 5.39. The second-order valence-electron chi connectivity index (χ2n) is 2.97. The van der Waals surface area contributed by atoms with Crippen LogP contribution in [0.25, 0.3) is 0 Å². The third-order valence-corrected chi connectivity index (χ3v) is 2.04. The van der Waals surface area contributed by atoms with E-state index in [1.54, 1.807) is 12.1 Å². The predicted octanol–water partition coefficient (Wildman–Crippen LogP) is 1.42. The maximum Gasteiger partial charge on any atom is 0.264 e. The first-order chi connectivity index (χ1) is 7.63. The number of nitrogens with zero attached hydrogens (tertiary/aromatic N) is 3. The van der Waals surface area contributed by atoms with E-state index < -0.39 is 6.43 Å². The summed E-state index contributed by atoms with van der Waals surface area (Å²) < 4.78 is 25.4. The topological polar surface area (TPSA) is 86.5 Å². The van der Waals surface area contributed by atoms with Crippen LogP contribution in [0.5, 0.6) is 0 Å². The summed E-state index contributed by atoms with van der Waals surface area (Å²) in [7, 11) is 0. The van der Waals surface area contributed by atoms with E-state index in [9.17, 15) is 8.78 Å². The summed E-state index contributed by atoms with van der Waals surface area (Å²) in [6.45, 7) is -0.0771. The zero-order valence-electron chi connectivity index (χ0n) is 8.24. The van der Waals surface area contributed by atoms with Crippen molar-refractivity contribution in [1.29, 1.82) is 10.5 Å². The molecule has 0 bridgehead atoms. The molecule has 16 heavy (non-hydrogen) atoms. The van der Waals surface area contributed by atoms with E-state index in [1.165, 1.54) is 0 Å². The lowest BCUT2D eigenvalue weighted by atomic mass is 10.0. The zero-order valence-corrected chi connectivity index (χ0v) is 8.24. The molecule has 0 unspecified atom stereocenters. The molecule has 0 radical (unpaired) electrons. The molecule has 0 saturated carbocycles. The minimum Gasteiger partial charge on any atom is -0.325 e. The fourth-order valence-corrected chi connectivity index (χ4v) is 1.35. The van der Waals surface area contributed by atoms with Crippen molar-refractivity contribution in [3.05, 3.63) is 28.6 Å². The molecule has 0 atom stereocenters. The summed E-state index contributed by atoms with van der Waals surface area (Å²) in [6.07, 6.45) is -2.94. The molecule has 1 aromatic rings. The number of aromatic nitrogens is 1. The largest absolute Gasteiger partial charge is 0.325 e. The molecule has 0 aliphatic rings. The molecule has 1 rings (SSSR count). The van der Waals surface area contributed by atoms with Crippen LogP contribution in [0.15, 0.2) is 6.07 Å². The Morgan fingerprint density at radius 2 is 2.12 bits per heavy atom. The first-order valence-corrected chi connectivity index (χ1v) is 4.42. The van der Waals surface area contributed by atoms with Gasteiger partial charge >= 0.3 is 0 Å². The van der Waals surface area contributed by atoms with Crippen LogP contribution in [0.1, 0.15) is 28.9 Å². The fourth-order valence-electron chi connectivity index (χ4n) is 1.35. The molecule has 1 heterocycles. The van der Waals surface area contributed by atoms with Crippen LogP contribution in [0.3, 0.4) is 0 Å². The molecule has 4 nitrogen and oxygen atoms in total. The van der Waals surface area contributed by atoms with Crippen LogP contribution < -0.4 is 5.73 Å². The van der Waals surface area contributed by atoms with Crippen molar-refractivity contribution in [3.63, 3.8) is 0 Å². The molecule has 6 heteroatoms. The van der Waals surface area contributed by atoms with E-state index in [-0.39, 0.29) is 35.5 Å². The van der Waals surface area contributed by atoms with E-state index in [4.69, 9.17) is 16.3 Å². The van der Waals surface area contributed by atoms with Crippen molar-refractivity contribution in [1.82, 2.24) is 4.98 Å². The molecule has 0 aliphatic heterocycles.